The van der Waals surface area contributed by atoms with Crippen molar-refractivity contribution in [1.82, 2.24) is 20.0 Å². The fourth-order valence-electron chi connectivity index (χ4n) is 2.60. The second-order valence-corrected chi connectivity index (χ2v) is 4.97. The average Bonchev–Trinajstić information content (AvgIpc) is 2.83. The highest BCUT2D eigenvalue weighted by Gasteiger charge is 2.36. The summed E-state index contributed by atoms with van der Waals surface area (Å²) in [5.41, 5.74) is 0.573. The maximum Gasteiger partial charge on any atom is 0.257 e. The summed E-state index contributed by atoms with van der Waals surface area (Å²) < 4.78 is 7.07. The standard InChI is InChI=1S/C12H16N4O3/c1-15-5-8(4-13-15)12(18)16-3-2-10-9(6-16)14-11(17)7-19-10/h4-5,9-10H,2-3,6-7H2,1H3,(H,14,17)/t9-,10+/m0/s1. The lowest BCUT2D eigenvalue weighted by atomic mass is 10.00. The molecular weight excluding hydrogens is 248 g/mol. The van der Waals surface area contributed by atoms with Crippen LogP contribution in [0.5, 0.6) is 0 Å². The van der Waals surface area contributed by atoms with Gasteiger partial charge in [-0.2, -0.15) is 5.10 Å². The van der Waals surface area contributed by atoms with Crippen LogP contribution >= 0.6 is 0 Å². The van der Waals surface area contributed by atoms with Crippen LogP contribution in [0.2, 0.25) is 0 Å². The maximum absolute atomic E-state index is 12.3. The lowest BCUT2D eigenvalue weighted by Crippen LogP contribution is -2.61. The van der Waals surface area contributed by atoms with Crippen molar-refractivity contribution in [3.8, 4) is 0 Å². The van der Waals surface area contributed by atoms with Crippen LogP contribution in [0.1, 0.15) is 16.8 Å². The van der Waals surface area contributed by atoms with Gasteiger partial charge in [-0.3, -0.25) is 14.3 Å². The number of hydrogen-bond acceptors (Lipinski definition) is 4. The minimum atomic E-state index is -0.114. The van der Waals surface area contributed by atoms with Crippen LogP contribution in [0.4, 0.5) is 0 Å². The Morgan fingerprint density at radius 1 is 1.58 bits per heavy atom. The molecule has 2 amide bonds. The van der Waals surface area contributed by atoms with Crippen LogP contribution in [0.25, 0.3) is 0 Å². The van der Waals surface area contributed by atoms with Gasteiger partial charge in [0.1, 0.15) is 6.61 Å². The summed E-state index contributed by atoms with van der Waals surface area (Å²) in [4.78, 5) is 25.3. The number of likely N-dealkylation sites (tertiary alicyclic amines) is 1. The molecule has 3 heterocycles. The number of piperidine rings is 1. The number of nitrogens with one attached hydrogen (secondary N) is 1. The van der Waals surface area contributed by atoms with E-state index in [0.717, 1.165) is 6.42 Å². The van der Waals surface area contributed by atoms with E-state index in [2.05, 4.69) is 10.4 Å². The molecule has 0 bridgehead atoms. The number of hydrogen-bond donors (Lipinski definition) is 1. The first kappa shape index (κ1) is 12.2. The van der Waals surface area contributed by atoms with Gasteiger partial charge in [0.05, 0.1) is 23.9 Å². The van der Waals surface area contributed by atoms with Crippen LogP contribution in [0.15, 0.2) is 12.4 Å². The van der Waals surface area contributed by atoms with Crippen molar-refractivity contribution in [2.75, 3.05) is 19.7 Å². The first-order valence-electron chi connectivity index (χ1n) is 6.32. The van der Waals surface area contributed by atoms with Crippen LogP contribution in [-0.4, -0.2) is 58.3 Å². The minimum Gasteiger partial charge on any atom is -0.366 e. The molecular formula is C12H16N4O3. The van der Waals surface area contributed by atoms with E-state index < -0.39 is 0 Å². The van der Waals surface area contributed by atoms with E-state index in [9.17, 15) is 9.59 Å². The number of aryl methyl sites for hydroxylation is 1. The SMILES string of the molecule is Cn1cc(C(=O)N2CC[C@H]3OCC(=O)N[C@H]3C2)cn1. The number of carbonyl (C=O) groups is 2. The van der Waals surface area contributed by atoms with Crippen molar-refractivity contribution in [3.63, 3.8) is 0 Å². The average molecular weight is 264 g/mol. The van der Waals surface area contributed by atoms with Gasteiger partial charge in [0.2, 0.25) is 5.91 Å². The summed E-state index contributed by atoms with van der Waals surface area (Å²) in [6.07, 6.45) is 4.03. The number of carbonyl (C=O) groups excluding carboxylic acids is 2. The predicted octanol–water partition coefficient (Wildman–Crippen LogP) is -0.850. The summed E-state index contributed by atoms with van der Waals surface area (Å²) in [6.45, 7) is 1.26. The Morgan fingerprint density at radius 2 is 2.42 bits per heavy atom. The number of aromatic nitrogens is 2. The minimum absolute atomic E-state index is 0.0237. The van der Waals surface area contributed by atoms with Crippen LogP contribution < -0.4 is 5.32 Å². The molecule has 1 aromatic heterocycles. The third-order valence-corrected chi connectivity index (χ3v) is 3.56. The van der Waals surface area contributed by atoms with Crippen molar-refractivity contribution < 1.29 is 14.3 Å². The molecule has 0 spiro atoms. The van der Waals surface area contributed by atoms with Crippen LogP contribution in [-0.2, 0) is 16.6 Å². The van der Waals surface area contributed by atoms with E-state index in [1.807, 2.05) is 0 Å². The second-order valence-electron chi connectivity index (χ2n) is 4.97. The molecule has 102 valence electrons. The van der Waals surface area contributed by atoms with Crippen molar-refractivity contribution in [3.05, 3.63) is 18.0 Å². The third kappa shape index (κ3) is 2.33. The van der Waals surface area contributed by atoms with Crippen LogP contribution in [0.3, 0.4) is 0 Å². The molecule has 2 aliphatic heterocycles. The normalized spacial score (nSPS) is 26.8. The van der Waals surface area contributed by atoms with E-state index in [4.69, 9.17) is 4.74 Å². The summed E-state index contributed by atoms with van der Waals surface area (Å²) in [7, 11) is 1.78. The molecule has 2 atom stereocenters. The predicted molar refractivity (Wildman–Crippen MR) is 65.4 cm³/mol. The molecule has 2 fully saturated rings. The molecule has 19 heavy (non-hydrogen) atoms. The highest BCUT2D eigenvalue weighted by molar-refractivity contribution is 5.94. The van der Waals surface area contributed by atoms with Crippen molar-refractivity contribution in [2.24, 2.45) is 7.05 Å². The molecule has 7 nitrogen and oxygen atoms in total. The Hall–Kier alpha value is -1.89. The van der Waals surface area contributed by atoms with Gasteiger partial charge in [-0.1, -0.05) is 0 Å². The number of rotatable bonds is 1. The fourth-order valence-corrected chi connectivity index (χ4v) is 2.60. The summed E-state index contributed by atoms with van der Waals surface area (Å²) in [5, 5.41) is 6.88. The van der Waals surface area contributed by atoms with Gasteiger partial charge in [0.25, 0.3) is 5.91 Å². The summed E-state index contributed by atoms with van der Waals surface area (Å²) >= 11 is 0. The van der Waals surface area contributed by atoms with Gasteiger partial charge in [-0.05, 0) is 6.42 Å². The molecule has 1 N–H and O–H groups in total. The number of fused-ring (bicyclic) bond motifs is 1. The zero-order valence-corrected chi connectivity index (χ0v) is 10.7. The van der Waals surface area contributed by atoms with Crippen molar-refractivity contribution in [1.29, 1.82) is 0 Å². The maximum atomic E-state index is 12.3. The topological polar surface area (TPSA) is 76.5 Å². The van der Waals surface area contributed by atoms with Crippen LogP contribution in [0, 0.1) is 0 Å². The molecule has 2 aliphatic rings. The molecule has 0 saturated carbocycles. The van der Waals surface area contributed by atoms with E-state index >= 15 is 0 Å². The molecule has 7 heteroatoms. The number of amides is 2. The van der Waals surface area contributed by atoms with Crippen molar-refractivity contribution in [2.45, 2.75) is 18.6 Å². The van der Waals surface area contributed by atoms with Crippen molar-refractivity contribution >= 4 is 11.8 Å². The zero-order chi connectivity index (χ0) is 13.4. The van der Waals surface area contributed by atoms with E-state index in [1.165, 1.54) is 0 Å². The van der Waals surface area contributed by atoms with Gasteiger partial charge in [-0.25, -0.2) is 0 Å². The second kappa shape index (κ2) is 4.65. The Balaban J connectivity index is 1.70. The Bertz CT molecular complexity index is 513. The van der Waals surface area contributed by atoms with E-state index in [-0.39, 0.29) is 30.6 Å². The number of nitrogens with zero attached hydrogens (tertiary/aromatic N) is 3. The molecule has 2 saturated heterocycles. The number of morpholine rings is 1. The Morgan fingerprint density at radius 3 is 3.16 bits per heavy atom. The zero-order valence-electron chi connectivity index (χ0n) is 10.7. The van der Waals surface area contributed by atoms with Gasteiger partial charge < -0.3 is 15.0 Å². The lowest BCUT2D eigenvalue weighted by molar-refractivity contribution is -0.139. The van der Waals surface area contributed by atoms with E-state index in [0.29, 0.717) is 18.7 Å². The fraction of sp³-hybridized carbons (Fsp3) is 0.583. The first-order chi connectivity index (χ1) is 9.13. The first-order valence-corrected chi connectivity index (χ1v) is 6.32. The highest BCUT2D eigenvalue weighted by atomic mass is 16.5. The Labute approximate surface area is 110 Å². The molecule has 0 aliphatic carbocycles. The van der Waals surface area contributed by atoms with E-state index in [1.54, 1.807) is 29.0 Å². The van der Waals surface area contributed by atoms with Gasteiger partial charge in [0.15, 0.2) is 0 Å². The molecule has 0 aromatic carbocycles. The largest absolute Gasteiger partial charge is 0.366 e. The third-order valence-electron chi connectivity index (χ3n) is 3.56. The summed E-state index contributed by atoms with van der Waals surface area (Å²) in [6, 6.07) is -0.101. The Kier molecular flexibility index (Phi) is 2.98. The quantitative estimate of drug-likeness (QED) is 0.717. The van der Waals surface area contributed by atoms with Gasteiger partial charge >= 0.3 is 0 Å². The monoisotopic (exact) mass is 264 g/mol. The number of ether oxygens (including phenoxy) is 1. The molecule has 0 unspecified atom stereocenters. The summed E-state index contributed by atoms with van der Waals surface area (Å²) in [5.74, 6) is -0.164. The lowest BCUT2D eigenvalue weighted by Gasteiger charge is -2.40. The smallest absolute Gasteiger partial charge is 0.257 e. The molecule has 1 aromatic rings. The molecule has 0 radical (unpaired) electrons. The van der Waals surface area contributed by atoms with Gasteiger partial charge in [0, 0.05) is 26.3 Å². The molecule has 3 rings (SSSR count). The highest BCUT2D eigenvalue weighted by Crippen LogP contribution is 2.19. The van der Waals surface area contributed by atoms with Gasteiger partial charge in [-0.15, -0.1) is 0 Å².